The average molecular weight is 1840 g/mol. The van der Waals surface area contributed by atoms with Gasteiger partial charge in [-0.1, -0.05) is 254 Å². The van der Waals surface area contributed by atoms with Crippen molar-refractivity contribution in [3.05, 3.63) is 23.6 Å². The zero-order valence-electron chi connectivity index (χ0n) is 91.6. The maximum absolute atomic E-state index is 12.1. The second-order valence-electron chi connectivity index (χ2n) is 52.8. The number of amides is 9. The van der Waals surface area contributed by atoms with Crippen LogP contribution in [0.3, 0.4) is 0 Å². The first-order valence-electron chi connectivity index (χ1n) is 51.5. The lowest BCUT2D eigenvalue weighted by molar-refractivity contribution is -0.150. The molecule has 0 saturated carbocycles. The molecule has 11 aliphatic heterocycles. The summed E-state index contributed by atoms with van der Waals surface area (Å²) in [6.07, 6.45) is 25.3. The highest BCUT2D eigenvalue weighted by atomic mass is 16.5. The first-order chi connectivity index (χ1) is 59.8. The van der Waals surface area contributed by atoms with Crippen molar-refractivity contribution in [3.8, 4) is 0 Å². The fourth-order valence-corrected chi connectivity index (χ4v) is 18.1. The molecule has 0 radical (unpaired) electrons. The monoisotopic (exact) mass is 1840 g/mol. The summed E-state index contributed by atoms with van der Waals surface area (Å²) in [4.78, 5) is 134. The summed E-state index contributed by atoms with van der Waals surface area (Å²) >= 11 is 0. The molecule has 10 saturated heterocycles. The minimum atomic E-state index is -0.243. The number of nitrogens with zero attached hydrogens (tertiary/aromatic N) is 12. The van der Waals surface area contributed by atoms with E-state index in [1.807, 2.05) is 38.3 Å². The second-order valence-corrected chi connectivity index (χ2v) is 52.8. The second kappa shape index (κ2) is 51.7. The third kappa shape index (κ3) is 45.5. The molecular formula is C109H202N12O10. The van der Waals surface area contributed by atoms with Gasteiger partial charge in [-0.15, -0.1) is 0 Å². The number of carbonyl (C=O) groups excluding carboxylic acids is 9. The van der Waals surface area contributed by atoms with E-state index in [0.717, 1.165) is 111 Å². The van der Waals surface area contributed by atoms with E-state index in [4.69, 9.17) is 11.3 Å². The minimum Gasteiger partial charge on any atom is -0.379 e. The average Bonchev–Trinajstić information content (AvgIpc) is 1.61. The van der Waals surface area contributed by atoms with Crippen molar-refractivity contribution in [1.29, 1.82) is 0 Å². The highest BCUT2D eigenvalue weighted by Crippen LogP contribution is 2.41. The maximum Gasteiger partial charge on any atom is 0.258 e. The van der Waals surface area contributed by atoms with Crippen molar-refractivity contribution < 1.29 is 47.9 Å². The molecule has 5 atom stereocenters. The summed E-state index contributed by atoms with van der Waals surface area (Å²) < 4.78 is 5.34. The van der Waals surface area contributed by atoms with Crippen molar-refractivity contribution >= 4 is 53.2 Å². The first-order valence-corrected chi connectivity index (χ1v) is 51.5. The quantitative estimate of drug-likeness (QED) is 0.125. The molecule has 758 valence electrons. The summed E-state index contributed by atoms with van der Waals surface area (Å²) in [6, 6.07) is 3.28. The summed E-state index contributed by atoms with van der Waals surface area (Å²) in [5, 5.41) is 0. The van der Waals surface area contributed by atoms with Crippen LogP contribution < -0.4 is 0 Å². The van der Waals surface area contributed by atoms with Crippen molar-refractivity contribution in [1.82, 2.24) is 53.9 Å². The highest BCUT2D eigenvalue weighted by molar-refractivity contribution is 5.84. The Hall–Kier alpha value is -5.66. The number of rotatable bonds is 13. The first kappa shape index (κ1) is 120. The molecule has 0 aromatic carbocycles. The van der Waals surface area contributed by atoms with E-state index in [1.165, 1.54) is 83.7 Å². The number of piperidine rings is 2. The lowest BCUT2D eigenvalue weighted by atomic mass is 9.68. The van der Waals surface area contributed by atoms with Crippen LogP contribution in [0.1, 0.15) is 391 Å². The Bertz CT molecular complexity index is 3500. The standard InChI is InChI=1S/C14H26N2O.C13H24N2O2.2C13H25NO.C12H21NO.C12H23NO.2C11H21NO.C10H16N2O/c1-14(2,3)9-13(17)16-10-12(11-16)15-7-5-4-6-8-15;1-13(2,3)8-12(16)15-9-11(10-15)14-4-6-17-7-5-14;1-12(2,3)9-11(15)14-8-6-7-13(4,5)10-14;1-10(2)11-7-6-8-14(11)12(15)9-13(3,4)5;1-9-6-7-10(2)13(9)11(14)8-12(3,4)5;1-5-10-7-6-8-13(10)11(14)9-12(2,3)4;1-10(2,3)11(4,5)9(13)12-7-6-8-12;1-9-6-5-7-12(9)10(13)8-11(2,3)4;1-10(2,3)5-9(13)12-6-8(7-12)11-4/h12H,4-11H2,1-3H3;11H,4-10H2,1-3H3;6-10H2,1-5H3;10-11H,6-9H2,1-5H3;6-7,9-10H,8H2,1-5H3;10H,5-9H2,1-4H3;6-8H2,1-5H3;9H,5-8H2,1-4H3;8H,5-7H2,1-3H3/t;;;;;;;9-;/m.......0./s1. The van der Waals surface area contributed by atoms with E-state index in [2.05, 4.69) is 284 Å². The summed E-state index contributed by atoms with van der Waals surface area (Å²) in [5.74, 6) is 3.36. The summed E-state index contributed by atoms with van der Waals surface area (Å²) in [6.45, 7) is 103. The molecule has 22 heteroatoms. The predicted molar refractivity (Wildman–Crippen MR) is 542 cm³/mol. The molecule has 0 N–H and O–H groups in total. The van der Waals surface area contributed by atoms with Gasteiger partial charge in [-0.3, -0.25) is 53.0 Å². The number of carbonyl (C=O) groups is 9. The summed E-state index contributed by atoms with van der Waals surface area (Å²) in [5.41, 5.74) is 0.934. The molecule has 11 rings (SSSR count). The van der Waals surface area contributed by atoms with E-state index in [-0.39, 0.29) is 84.1 Å². The molecule has 11 heterocycles. The van der Waals surface area contributed by atoms with Gasteiger partial charge in [-0.05, 0) is 171 Å². The van der Waals surface area contributed by atoms with Gasteiger partial charge < -0.3 is 53.7 Å². The normalized spacial score (nSPS) is 22.5. The number of ether oxygens (including phenoxy) is 1. The zero-order chi connectivity index (χ0) is 100. The molecular weight excluding hydrogens is 1640 g/mol. The molecule has 0 aromatic rings. The minimum absolute atomic E-state index is 0.0413. The fourth-order valence-electron chi connectivity index (χ4n) is 18.1. The van der Waals surface area contributed by atoms with E-state index in [0.29, 0.717) is 147 Å². The highest BCUT2D eigenvalue weighted by Gasteiger charge is 2.45. The van der Waals surface area contributed by atoms with E-state index >= 15 is 0 Å². The molecule has 11 aliphatic rings. The van der Waals surface area contributed by atoms with Gasteiger partial charge in [0.05, 0.1) is 26.3 Å². The van der Waals surface area contributed by atoms with Crippen molar-refractivity contribution in [2.45, 2.75) is 439 Å². The van der Waals surface area contributed by atoms with Crippen LogP contribution >= 0.6 is 0 Å². The van der Waals surface area contributed by atoms with Gasteiger partial charge in [-0.25, -0.2) is 6.57 Å². The summed E-state index contributed by atoms with van der Waals surface area (Å²) in [7, 11) is 0. The Labute approximate surface area is 803 Å². The van der Waals surface area contributed by atoms with Gasteiger partial charge in [0, 0.05) is 184 Å². The van der Waals surface area contributed by atoms with Gasteiger partial charge in [0.15, 0.2) is 0 Å². The Morgan fingerprint density at radius 2 is 0.725 bits per heavy atom. The zero-order valence-corrected chi connectivity index (χ0v) is 91.6. The molecule has 22 nitrogen and oxygen atoms in total. The Kier molecular flexibility index (Phi) is 47.1. The topological polar surface area (TPSA) is 203 Å². The lowest BCUT2D eigenvalue weighted by Gasteiger charge is -2.47. The molecule has 0 aliphatic carbocycles. The van der Waals surface area contributed by atoms with Gasteiger partial charge in [0.2, 0.25) is 53.2 Å². The Balaban J connectivity index is 0.000000380. The van der Waals surface area contributed by atoms with Gasteiger partial charge in [-0.2, -0.15) is 0 Å². The van der Waals surface area contributed by atoms with Crippen LogP contribution in [0, 0.1) is 72.1 Å². The van der Waals surface area contributed by atoms with Crippen LogP contribution in [0.25, 0.3) is 4.85 Å². The van der Waals surface area contributed by atoms with Crippen molar-refractivity contribution in [3.63, 3.8) is 0 Å². The third-order valence-corrected chi connectivity index (χ3v) is 26.8. The van der Waals surface area contributed by atoms with E-state index in [1.54, 1.807) is 4.90 Å². The number of hydrogen-bond donors (Lipinski definition) is 0. The smallest absolute Gasteiger partial charge is 0.258 e. The van der Waals surface area contributed by atoms with Crippen LogP contribution in [-0.4, -0.2) is 280 Å². The van der Waals surface area contributed by atoms with Crippen LogP contribution in [0.15, 0.2) is 12.2 Å². The Morgan fingerprint density at radius 3 is 1.08 bits per heavy atom. The molecule has 0 spiro atoms. The van der Waals surface area contributed by atoms with Gasteiger partial charge in [0.1, 0.15) is 0 Å². The predicted octanol–water partition coefficient (Wildman–Crippen LogP) is 20.9. The van der Waals surface area contributed by atoms with E-state index < -0.39 is 0 Å². The maximum atomic E-state index is 12.1. The third-order valence-electron chi connectivity index (χ3n) is 26.8. The fraction of sp³-hybridized carbons (Fsp3) is 0.890. The molecule has 9 amide bonds. The van der Waals surface area contributed by atoms with Crippen LogP contribution in [0.5, 0.6) is 0 Å². The van der Waals surface area contributed by atoms with Crippen LogP contribution in [0.4, 0.5) is 0 Å². The van der Waals surface area contributed by atoms with Crippen molar-refractivity contribution in [2.24, 2.45) is 65.5 Å². The largest absolute Gasteiger partial charge is 0.379 e. The molecule has 0 aromatic heterocycles. The van der Waals surface area contributed by atoms with Crippen LogP contribution in [0.2, 0.25) is 0 Å². The number of morpholine rings is 1. The van der Waals surface area contributed by atoms with Crippen LogP contribution in [-0.2, 0) is 47.9 Å². The van der Waals surface area contributed by atoms with Gasteiger partial charge >= 0.3 is 0 Å². The van der Waals surface area contributed by atoms with E-state index in [9.17, 15) is 43.2 Å². The molecule has 4 unspecified atom stereocenters. The molecule has 10 fully saturated rings. The van der Waals surface area contributed by atoms with Gasteiger partial charge in [0.25, 0.3) is 6.04 Å². The lowest BCUT2D eigenvalue weighted by Crippen LogP contribution is -2.63. The SMILES string of the molecule is CC(C)(C)C(C)(C)C(=O)N1CCC1.CC(C)(C)CC(=O)N1CC(N2CCCCC2)C1.CC(C)(C)CC(=O)N1CC(N2CCOCC2)C1.CC(C)(C)CC(=O)N1CCCC(C)(C)C1.CC(C)C1CCCN1C(=O)CC(C)(C)C.CC1C=CC(C)N1C(=O)CC(C)(C)C.CCC1CCCN1C(=O)CC(C)(C)C.C[C@H]1CCCN1C(=O)CC(C)(C)C.[C-]#[N+]C1CN(C(=O)CC(C)(C)C)C1. The number of hydrogen-bond acceptors (Lipinski definition) is 12. The molecule has 0 bridgehead atoms. The Morgan fingerprint density at radius 1 is 0.382 bits per heavy atom. The van der Waals surface area contributed by atoms with Crippen molar-refractivity contribution in [2.75, 3.05) is 124 Å². The molecule has 131 heavy (non-hydrogen) atoms. The number of likely N-dealkylation sites (tertiary alicyclic amines) is 9.